The highest BCUT2D eigenvalue weighted by Gasteiger charge is 2.34. The van der Waals surface area contributed by atoms with Crippen LogP contribution in [0.4, 0.5) is 0 Å². The van der Waals surface area contributed by atoms with E-state index < -0.39 is 11.7 Å². The number of ketones is 1. The number of amides is 1. The van der Waals surface area contributed by atoms with Gasteiger partial charge < -0.3 is 9.47 Å². The molecule has 0 aliphatic carbocycles. The molecule has 0 spiro atoms. The highest BCUT2D eigenvalue weighted by atomic mass is 16.2. The zero-order valence-electron chi connectivity index (χ0n) is 15.7. The third-order valence-electron chi connectivity index (χ3n) is 5.65. The first-order valence-corrected chi connectivity index (χ1v) is 9.39. The van der Waals surface area contributed by atoms with Gasteiger partial charge in [0.25, 0.3) is 11.7 Å². The molecule has 1 fully saturated rings. The van der Waals surface area contributed by atoms with E-state index in [9.17, 15) is 9.59 Å². The standard InChI is InChI=1S/C22H23N3O2/c1-15-20(17-9-3-4-11-19(17)24(15)2)21(26)22(27)25-13-6-5-10-18(25)16-8-7-12-23-14-16/h3-4,7-9,11-12,14,18H,5-6,10,13H2,1-2H3/t18-/m1/s1. The van der Waals surface area contributed by atoms with Gasteiger partial charge in [-0.3, -0.25) is 14.6 Å². The summed E-state index contributed by atoms with van der Waals surface area (Å²) in [5, 5.41) is 0.839. The van der Waals surface area contributed by atoms with Gasteiger partial charge in [0, 0.05) is 42.6 Å². The van der Waals surface area contributed by atoms with Crippen LogP contribution in [0, 0.1) is 6.92 Å². The molecule has 1 amide bonds. The number of Topliss-reactive ketones (excluding diaryl/α,β-unsaturated/α-hetero) is 1. The molecule has 0 N–H and O–H groups in total. The molecule has 1 aliphatic rings. The SMILES string of the molecule is Cc1c(C(=O)C(=O)N2CCCC[C@@H]2c2cccnc2)c2ccccc2n1C. The van der Waals surface area contributed by atoms with Crippen molar-refractivity contribution in [1.82, 2.24) is 14.5 Å². The van der Waals surface area contributed by atoms with Crippen LogP contribution in [0.25, 0.3) is 10.9 Å². The van der Waals surface area contributed by atoms with Crippen LogP contribution in [-0.4, -0.2) is 32.7 Å². The van der Waals surface area contributed by atoms with Crippen LogP contribution in [0.1, 0.15) is 46.9 Å². The molecular weight excluding hydrogens is 338 g/mol. The Balaban J connectivity index is 1.72. The van der Waals surface area contributed by atoms with Crippen molar-refractivity contribution >= 4 is 22.6 Å². The third-order valence-corrected chi connectivity index (χ3v) is 5.65. The van der Waals surface area contributed by atoms with E-state index in [1.54, 1.807) is 17.3 Å². The largest absolute Gasteiger partial charge is 0.347 e. The van der Waals surface area contributed by atoms with Crippen molar-refractivity contribution in [1.29, 1.82) is 0 Å². The molecule has 27 heavy (non-hydrogen) atoms. The maximum atomic E-state index is 13.2. The van der Waals surface area contributed by atoms with Crippen molar-refractivity contribution in [3.05, 3.63) is 65.6 Å². The zero-order valence-corrected chi connectivity index (χ0v) is 15.7. The number of para-hydroxylation sites is 1. The smallest absolute Gasteiger partial charge is 0.295 e. The molecule has 1 atom stereocenters. The number of aromatic nitrogens is 2. The van der Waals surface area contributed by atoms with Crippen LogP contribution >= 0.6 is 0 Å². The highest BCUT2D eigenvalue weighted by Crippen LogP contribution is 2.32. The number of pyridine rings is 1. The quantitative estimate of drug-likeness (QED) is 0.526. The van der Waals surface area contributed by atoms with E-state index in [1.807, 2.05) is 54.9 Å². The van der Waals surface area contributed by atoms with Gasteiger partial charge in [0.2, 0.25) is 0 Å². The lowest BCUT2D eigenvalue weighted by atomic mass is 9.95. The molecule has 0 radical (unpaired) electrons. The molecule has 2 aromatic heterocycles. The van der Waals surface area contributed by atoms with Crippen molar-refractivity contribution < 1.29 is 9.59 Å². The van der Waals surface area contributed by atoms with Crippen molar-refractivity contribution in [2.24, 2.45) is 7.05 Å². The minimum atomic E-state index is -0.417. The fourth-order valence-corrected chi connectivity index (χ4v) is 4.14. The normalized spacial score (nSPS) is 17.3. The molecule has 0 bridgehead atoms. The molecule has 1 aromatic carbocycles. The van der Waals surface area contributed by atoms with Gasteiger partial charge in [0.15, 0.2) is 0 Å². The van der Waals surface area contributed by atoms with E-state index >= 15 is 0 Å². The zero-order chi connectivity index (χ0) is 19.0. The van der Waals surface area contributed by atoms with E-state index in [0.29, 0.717) is 12.1 Å². The van der Waals surface area contributed by atoms with Gasteiger partial charge in [-0.25, -0.2) is 0 Å². The molecule has 0 saturated carbocycles. The van der Waals surface area contributed by atoms with Gasteiger partial charge in [-0.2, -0.15) is 0 Å². The minimum Gasteiger partial charge on any atom is -0.347 e. The first-order chi connectivity index (χ1) is 13.1. The van der Waals surface area contributed by atoms with Crippen LogP contribution in [0.2, 0.25) is 0 Å². The molecule has 138 valence electrons. The first kappa shape index (κ1) is 17.5. The summed E-state index contributed by atoms with van der Waals surface area (Å²) in [6.45, 7) is 2.50. The molecule has 5 nitrogen and oxygen atoms in total. The fraction of sp³-hybridized carbons (Fsp3) is 0.318. The summed E-state index contributed by atoms with van der Waals surface area (Å²) < 4.78 is 1.98. The number of nitrogens with zero attached hydrogens (tertiary/aromatic N) is 3. The molecule has 1 saturated heterocycles. The van der Waals surface area contributed by atoms with Crippen molar-refractivity contribution in [2.45, 2.75) is 32.2 Å². The number of likely N-dealkylation sites (tertiary alicyclic amines) is 1. The Kier molecular flexibility index (Phi) is 4.52. The topological polar surface area (TPSA) is 55.2 Å². The van der Waals surface area contributed by atoms with Crippen molar-refractivity contribution in [2.75, 3.05) is 6.54 Å². The van der Waals surface area contributed by atoms with E-state index in [2.05, 4.69) is 4.98 Å². The van der Waals surface area contributed by atoms with E-state index in [0.717, 1.165) is 41.4 Å². The van der Waals surface area contributed by atoms with Gasteiger partial charge in [0.1, 0.15) is 0 Å². The monoisotopic (exact) mass is 361 g/mol. The van der Waals surface area contributed by atoms with E-state index in [4.69, 9.17) is 0 Å². The molecule has 3 aromatic rings. The summed E-state index contributed by atoms with van der Waals surface area (Å²) in [6.07, 6.45) is 6.35. The maximum Gasteiger partial charge on any atom is 0.295 e. The molecule has 5 heteroatoms. The number of carbonyl (C=O) groups excluding carboxylic acids is 2. The third kappa shape index (κ3) is 2.93. The second-order valence-electron chi connectivity index (χ2n) is 7.16. The van der Waals surface area contributed by atoms with Crippen LogP contribution in [0.3, 0.4) is 0 Å². The number of hydrogen-bond donors (Lipinski definition) is 0. The molecule has 4 rings (SSSR count). The lowest BCUT2D eigenvalue weighted by Gasteiger charge is -2.35. The van der Waals surface area contributed by atoms with Gasteiger partial charge in [-0.05, 0) is 43.9 Å². The summed E-state index contributed by atoms with van der Waals surface area (Å²) in [7, 11) is 1.93. The average Bonchev–Trinajstić information content (AvgIpc) is 2.98. The second-order valence-corrected chi connectivity index (χ2v) is 7.16. The Bertz CT molecular complexity index is 1010. The van der Waals surface area contributed by atoms with Gasteiger partial charge in [-0.1, -0.05) is 24.3 Å². The summed E-state index contributed by atoms with van der Waals surface area (Å²) in [5.74, 6) is -0.830. The Morgan fingerprint density at radius 3 is 2.70 bits per heavy atom. The summed E-state index contributed by atoms with van der Waals surface area (Å²) in [6, 6.07) is 11.5. The summed E-state index contributed by atoms with van der Waals surface area (Å²) >= 11 is 0. The Morgan fingerprint density at radius 1 is 1.11 bits per heavy atom. The minimum absolute atomic E-state index is 0.0841. The lowest BCUT2D eigenvalue weighted by Crippen LogP contribution is -2.42. The molecular formula is C22H23N3O2. The number of piperidine rings is 1. The summed E-state index contributed by atoms with van der Waals surface area (Å²) in [5.41, 5.74) is 3.31. The predicted molar refractivity (Wildman–Crippen MR) is 105 cm³/mol. The Hall–Kier alpha value is -2.95. The number of aryl methyl sites for hydroxylation is 1. The predicted octanol–water partition coefficient (Wildman–Crippen LogP) is 3.82. The van der Waals surface area contributed by atoms with Crippen LogP contribution in [-0.2, 0) is 11.8 Å². The second kappa shape index (κ2) is 6.99. The van der Waals surface area contributed by atoms with Crippen molar-refractivity contribution in [3.8, 4) is 0 Å². The number of carbonyl (C=O) groups is 2. The van der Waals surface area contributed by atoms with Crippen LogP contribution < -0.4 is 0 Å². The molecule has 1 aliphatic heterocycles. The van der Waals surface area contributed by atoms with Gasteiger partial charge in [-0.15, -0.1) is 0 Å². The van der Waals surface area contributed by atoms with Gasteiger partial charge in [0.05, 0.1) is 11.6 Å². The number of benzene rings is 1. The first-order valence-electron chi connectivity index (χ1n) is 9.39. The number of fused-ring (bicyclic) bond motifs is 1. The Morgan fingerprint density at radius 2 is 1.93 bits per heavy atom. The number of hydrogen-bond acceptors (Lipinski definition) is 3. The molecule has 3 heterocycles. The highest BCUT2D eigenvalue weighted by molar-refractivity contribution is 6.45. The Labute approximate surface area is 158 Å². The number of rotatable bonds is 3. The molecule has 0 unspecified atom stereocenters. The van der Waals surface area contributed by atoms with Crippen molar-refractivity contribution in [3.63, 3.8) is 0 Å². The van der Waals surface area contributed by atoms with Gasteiger partial charge >= 0.3 is 0 Å². The summed E-state index contributed by atoms with van der Waals surface area (Å²) in [4.78, 5) is 32.4. The van der Waals surface area contributed by atoms with E-state index in [-0.39, 0.29) is 6.04 Å². The average molecular weight is 361 g/mol. The van der Waals surface area contributed by atoms with Crippen LogP contribution in [0.5, 0.6) is 0 Å². The van der Waals surface area contributed by atoms with Crippen LogP contribution in [0.15, 0.2) is 48.8 Å². The fourth-order valence-electron chi connectivity index (χ4n) is 4.14. The maximum absolute atomic E-state index is 13.2. The lowest BCUT2D eigenvalue weighted by molar-refractivity contribution is -0.130. The van der Waals surface area contributed by atoms with E-state index in [1.165, 1.54) is 0 Å².